The summed E-state index contributed by atoms with van der Waals surface area (Å²) in [6.45, 7) is 4.30. The summed E-state index contributed by atoms with van der Waals surface area (Å²) >= 11 is 0. The maximum atomic E-state index is 13.9. The zero-order chi connectivity index (χ0) is 30.0. The molecule has 3 aromatic carbocycles. The highest BCUT2D eigenvalue weighted by Crippen LogP contribution is 2.41. The van der Waals surface area contributed by atoms with Gasteiger partial charge in [-0.05, 0) is 60.6 Å². The number of carbonyl (C=O) groups excluding carboxylic acids is 1. The Labute approximate surface area is 241 Å². The Hall–Kier alpha value is -4.27. The van der Waals surface area contributed by atoms with E-state index in [9.17, 15) is 27.2 Å². The number of alkyl halides is 3. The minimum atomic E-state index is -4.53. The van der Waals surface area contributed by atoms with Crippen LogP contribution in [0.1, 0.15) is 64.0 Å². The number of amides is 1. The van der Waals surface area contributed by atoms with E-state index >= 15 is 0 Å². The van der Waals surface area contributed by atoms with Gasteiger partial charge >= 0.3 is 6.18 Å². The second-order valence-corrected chi connectivity index (χ2v) is 10.9. The standard InChI is InChI=1S/C33H31F4N3O2/c1-21-19-39(20-23-8-4-3-5-9-23)38-30(31(21)41)32(42)40-17-7-12-28(40)22(2)29(24-13-15-27(34)16-14-24)25-10-6-11-26(18-25)33(35,36)37/h3-6,8-11,13-16,18-19,22,28-29H,7,12,17,20H2,1-2H3/t22-,28+,29-/m0/s1. The quantitative estimate of drug-likeness (QED) is 0.226. The molecule has 0 saturated carbocycles. The zero-order valence-electron chi connectivity index (χ0n) is 23.3. The molecule has 3 atom stereocenters. The molecule has 0 aliphatic carbocycles. The fraction of sp³-hybridized carbons (Fsp3) is 0.303. The van der Waals surface area contributed by atoms with Crippen molar-refractivity contribution in [3.05, 3.63) is 135 Å². The number of hydrogen-bond acceptors (Lipinski definition) is 3. The fourth-order valence-electron chi connectivity index (χ4n) is 5.99. The summed E-state index contributed by atoms with van der Waals surface area (Å²) in [4.78, 5) is 28.7. The Bertz CT molecular complexity index is 1620. The van der Waals surface area contributed by atoms with Gasteiger partial charge in [0, 0.05) is 30.3 Å². The average Bonchev–Trinajstić information content (AvgIpc) is 3.46. The molecule has 1 amide bonds. The van der Waals surface area contributed by atoms with Gasteiger partial charge in [0.05, 0.1) is 12.1 Å². The van der Waals surface area contributed by atoms with Gasteiger partial charge in [-0.25, -0.2) is 4.39 Å². The summed E-state index contributed by atoms with van der Waals surface area (Å²) in [5.41, 5.74) is 1.01. The molecule has 0 radical (unpaired) electrons. The van der Waals surface area contributed by atoms with Gasteiger partial charge in [-0.2, -0.15) is 18.3 Å². The molecule has 1 aliphatic rings. The minimum absolute atomic E-state index is 0.178. The molecule has 218 valence electrons. The summed E-state index contributed by atoms with van der Waals surface area (Å²) in [6, 6.07) is 20.0. The van der Waals surface area contributed by atoms with Gasteiger partial charge in [0.1, 0.15) is 5.82 Å². The van der Waals surface area contributed by atoms with Crippen LogP contribution in [0.25, 0.3) is 0 Å². The normalized spacial score (nSPS) is 16.8. The van der Waals surface area contributed by atoms with E-state index in [0.717, 1.165) is 17.7 Å². The monoisotopic (exact) mass is 577 g/mol. The van der Waals surface area contributed by atoms with Crippen LogP contribution in [-0.4, -0.2) is 33.2 Å². The molecule has 1 fully saturated rings. The molecule has 1 aromatic heterocycles. The number of halogens is 4. The molecule has 0 spiro atoms. The van der Waals surface area contributed by atoms with Gasteiger partial charge in [-0.3, -0.25) is 14.3 Å². The first-order chi connectivity index (χ1) is 20.0. The van der Waals surface area contributed by atoms with Crippen molar-refractivity contribution < 1.29 is 22.4 Å². The van der Waals surface area contributed by atoms with E-state index in [1.54, 1.807) is 40.9 Å². The summed E-state index contributed by atoms with van der Waals surface area (Å²) < 4.78 is 56.3. The lowest BCUT2D eigenvalue weighted by molar-refractivity contribution is -0.137. The van der Waals surface area contributed by atoms with Crippen LogP contribution in [0, 0.1) is 18.7 Å². The van der Waals surface area contributed by atoms with Gasteiger partial charge in [0.15, 0.2) is 5.69 Å². The van der Waals surface area contributed by atoms with Crippen LogP contribution in [0.5, 0.6) is 0 Å². The highest BCUT2D eigenvalue weighted by atomic mass is 19.4. The van der Waals surface area contributed by atoms with Gasteiger partial charge in [-0.1, -0.05) is 67.6 Å². The van der Waals surface area contributed by atoms with Crippen molar-refractivity contribution >= 4 is 5.91 Å². The van der Waals surface area contributed by atoms with E-state index < -0.39 is 34.8 Å². The average molecular weight is 578 g/mol. The maximum absolute atomic E-state index is 13.9. The highest BCUT2D eigenvalue weighted by molar-refractivity contribution is 5.92. The largest absolute Gasteiger partial charge is 0.416 e. The number of benzene rings is 3. The molecule has 5 nitrogen and oxygen atoms in total. The van der Waals surface area contributed by atoms with Gasteiger partial charge in [-0.15, -0.1) is 0 Å². The van der Waals surface area contributed by atoms with Crippen LogP contribution >= 0.6 is 0 Å². The van der Waals surface area contributed by atoms with Crippen molar-refractivity contribution in [1.82, 2.24) is 14.7 Å². The van der Waals surface area contributed by atoms with Gasteiger partial charge < -0.3 is 4.90 Å². The van der Waals surface area contributed by atoms with E-state index in [0.29, 0.717) is 42.6 Å². The lowest BCUT2D eigenvalue weighted by atomic mass is 9.77. The topological polar surface area (TPSA) is 55.2 Å². The third-order valence-corrected chi connectivity index (χ3v) is 8.03. The first kappa shape index (κ1) is 29.2. The summed E-state index contributed by atoms with van der Waals surface area (Å²) in [7, 11) is 0. The number of aryl methyl sites for hydroxylation is 1. The molecule has 2 heterocycles. The van der Waals surface area contributed by atoms with E-state index in [1.165, 1.54) is 18.2 Å². The smallest absolute Gasteiger partial charge is 0.334 e. The van der Waals surface area contributed by atoms with Crippen molar-refractivity contribution in [3.63, 3.8) is 0 Å². The van der Waals surface area contributed by atoms with Crippen molar-refractivity contribution in [2.45, 2.75) is 51.4 Å². The van der Waals surface area contributed by atoms with Gasteiger partial charge in [0.25, 0.3) is 5.91 Å². The van der Waals surface area contributed by atoms with Crippen LogP contribution in [0.3, 0.4) is 0 Å². The Kier molecular flexibility index (Phi) is 8.29. The maximum Gasteiger partial charge on any atom is 0.416 e. The number of hydrogen-bond donors (Lipinski definition) is 0. The molecule has 42 heavy (non-hydrogen) atoms. The Balaban J connectivity index is 1.50. The zero-order valence-corrected chi connectivity index (χ0v) is 23.3. The molecule has 4 aromatic rings. The second-order valence-electron chi connectivity index (χ2n) is 10.9. The number of rotatable bonds is 7. The van der Waals surface area contributed by atoms with Crippen LogP contribution in [0.2, 0.25) is 0 Å². The Morgan fingerprint density at radius 2 is 1.71 bits per heavy atom. The van der Waals surface area contributed by atoms with E-state index in [1.807, 2.05) is 37.3 Å². The number of carbonyl (C=O) groups is 1. The number of nitrogens with zero attached hydrogens (tertiary/aromatic N) is 3. The summed E-state index contributed by atoms with van der Waals surface area (Å²) in [6.07, 6.45) is -1.63. The van der Waals surface area contributed by atoms with Gasteiger partial charge in [0.2, 0.25) is 5.43 Å². The second kappa shape index (κ2) is 11.9. The lowest BCUT2D eigenvalue weighted by Gasteiger charge is -2.35. The third kappa shape index (κ3) is 6.15. The first-order valence-electron chi connectivity index (χ1n) is 13.9. The molecular weight excluding hydrogens is 546 g/mol. The van der Waals surface area contributed by atoms with Crippen molar-refractivity contribution in [2.24, 2.45) is 5.92 Å². The fourth-order valence-corrected chi connectivity index (χ4v) is 5.99. The van der Waals surface area contributed by atoms with Crippen LogP contribution < -0.4 is 5.43 Å². The molecule has 0 unspecified atom stereocenters. The minimum Gasteiger partial charge on any atom is -0.334 e. The van der Waals surface area contributed by atoms with Crippen LogP contribution in [0.4, 0.5) is 17.6 Å². The number of aromatic nitrogens is 2. The van der Waals surface area contributed by atoms with E-state index in [-0.39, 0.29) is 17.7 Å². The van der Waals surface area contributed by atoms with Crippen molar-refractivity contribution in [1.29, 1.82) is 0 Å². The molecule has 9 heteroatoms. The SMILES string of the molecule is Cc1cn(Cc2ccccc2)nc(C(=O)N2CCC[C@@H]2[C@H](C)[C@@H](c2ccc(F)cc2)c2cccc(C(F)(F)F)c2)c1=O. The predicted octanol–water partition coefficient (Wildman–Crippen LogP) is 6.83. The summed E-state index contributed by atoms with van der Waals surface area (Å²) in [5.74, 6) is -1.88. The number of likely N-dealkylation sites (tertiary alicyclic amines) is 1. The molecule has 1 saturated heterocycles. The molecule has 1 aliphatic heterocycles. The Morgan fingerprint density at radius 3 is 2.40 bits per heavy atom. The highest BCUT2D eigenvalue weighted by Gasteiger charge is 2.40. The summed E-state index contributed by atoms with van der Waals surface area (Å²) in [5, 5.41) is 4.42. The first-order valence-corrected chi connectivity index (χ1v) is 13.9. The van der Waals surface area contributed by atoms with Crippen molar-refractivity contribution in [3.8, 4) is 0 Å². The molecular formula is C33H31F4N3O2. The lowest BCUT2D eigenvalue weighted by Crippen LogP contribution is -2.44. The molecule has 5 rings (SSSR count). The third-order valence-electron chi connectivity index (χ3n) is 8.03. The Morgan fingerprint density at radius 1 is 1.00 bits per heavy atom. The molecule has 0 bridgehead atoms. The van der Waals surface area contributed by atoms with Crippen LogP contribution in [-0.2, 0) is 12.7 Å². The predicted molar refractivity (Wildman–Crippen MR) is 152 cm³/mol. The van der Waals surface area contributed by atoms with E-state index in [2.05, 4.69) is 5.10 Å². The van der Waals surface area contributed by atoms with E-state index in [4.69, 9.17) is 0 Å². The molecule has 0 N–H and O–H groups in total. The van der Waals surface area contributed by atoms with Crippen molar-refractivity contribution in [2.75, 3.05) is 6.54 Å². The van der Waals surface area contributed by atoms with Crippen LogP contribution in [0.15, 0.2) is 89.9 Å².